The molecule has 0 unspecified atom stereocenters. The molecule has 10 heteroatoms. The Morgan fingerprint density at radius 3 is 1.81 bits per heavy atom. The minimum atomic E-state index is -4.78. The van der Waals surface area contributed by atoms with E-state index in [9.17, 15) is 32.4 Å². The summed E-state index contributed by atoms with van der Waals surface area (Å²) in [4.78, 5) is 25.8. The van der Waals surface area contributed by atoms with Crippen LogP contribution in [-0.4, -0.2) is 40.8 Å². The van der Waals surface area contributed by atoms with Crippen LogP contribution in [0.4, 0.5) is 17.6 Å². The average molecular weight is 587 g/mol. The van der Waals surface area contributed by atoms with Gasteiger partial charge in [0.05, 0.1) is 17.5 Å². The van der Waals surface area contributed by atoms with Crippen LogP contribution in [-0.2, 0) is 15.0 Å². The van der Waals surface area contributed by atoms with Crippen molar-refractivity contribution in [2.45, 2.75) is 107 Å². The number of carbonyl (C=O) groups is 2. The minimum Gasteiger partial charge on any atom is -0.351 e. The molecule has 2 aromatic carbocycles. The fourth-order valence-corrected chi connectivity index (χ4v) is 5.09. The summed E-state index contributed by atoms with van der Waals surface area (Å²) in [6, 6.07) is 11.5. The predicted molar refractivity (Wildman–Crippen MR) is 152 cm³/mol. The molecule has 0 heterocycles. The second kappa shape index (κ2) is 11.0. The van der Waals surface area contributed by atoms with Crippen molar-refractivity contribution < 1.29 is 27.2 Å². The summed E-state index contributed by atoms with van der Waals surface area (Å²) in [5.74, 6) is -0.851. The van der Waals surface area contributed by atoms with E-state index >= 15 is 0 Å². The van der Waals surface area contributed by atoms with E-state index in [-0.39, 0.29) is 17.0 Å². The normalized spacial score (nSPS) is 18.8. The number of benzene rings is 2. The maximum atomic E-state index is 14.6. The molecule has 226 valence electrons. The minimum absolute atomic E-state index is 0.0131. The Balaban J connectivity index is 1.53. The van der Waals surface area contributed by atoms with E-state index in [1.54, 1.807) is 12.1 Å². The molecule has 0 bridgehead atoms. The molecule has 0 spiro atoms. The fraction of sp³-hybridized carbons (Fsp3) is 0.531. The van der Waals surface area contributed by atoms with Crippen LogP contribution in [0.3, 0.4) is 0 Å². The predicted octanol–water partition coefficient (Wildman–Crippen LogP) is 6.17. The zero-order valence-electron chi connectivity index (χ0n) is 24.6. The molecule has 2 aliphatic rings. The molecule has 2 saturated carbocycles. The van der Waals surface area contributed by atoms with Crippen molar-refractivity contribution in [2.24, 2.45) is 0 Å². The van der Waals surface area contributed by atoms with E-state index in [0.717, 1.165) is 24.0 Å². The topological polar surface area (TPSA) is 94.0 Å². The molecule has 4 rings (SSSR count). The van der Waals surface area contributed by atoms with Gasteiger partial charge in [0.25, 0.3) is 0 Å². The third kappa shape index (κ3) is 7.49. The molecule has 2 atom stereocenters. The van der Waals surface area contributed by atoms with Crippen LogP contribution in [0.2, 0.25) is 0 Å². The maximum absolute atomic E-state index is 14.6. The number of nitrogens with zero attached hydrogens (tertiary/aromatic N) is 1. The van der Waals surface area contributed by atoms with Gasteiger partial charge in [0.15, 0.2) is 0 Å². The van der Waals surface area contributed by atoms with Crippen LogP contribution in [0.25, 0.3) is 11.1 Å². The first-order valence-corrected chi connectivity index (χ1v) is 14.1. The Morgan fingerprint density at radius 1 is 0.881 bits per heavy atom. The molecule has 0 radical (unpaired) electrons. The zero-order valence-corrected chi connectivity index (χ0v) is 24.6. The molecule has 2 fully saturated rings. The molecule has 0 saturated heterocycles. The Morgan fingerprint density at radius 2 is 1.40 bits per heavy atom. The smallest absolute Gasteiger partial charge is 0.351 e. The highest BCUT2D eigenvalue weighted by Crippen LogP contribution is 2.49. The molecule has 3 N–H and O–H groups in total. The standard InChI is InChI=1S/C32H38F4N4O2/c1-28(2,3)40-27(42)31(16-17-31)23-12-10-21(11-13-23)20-6-8-22(9-7-20)25(32(34,35)36)38-24(18-29(4,5)33)26(41)39-30(19-37)14-15-30/h6-13,24-25,38H,14-18H2,1-5H3,(H,39,41)(H,40,42)/t24-,25-/m0/s1. The van der Waals surface area contributed by atoms with Crippen LogP contribution in [0.5, 0.6) is 0 Å². The van der Waals surface area contributed by atoms with Crippen LogP contribution in [0.1, 0.15) is 83.9 Å². The van der Waals surface area contributed by atoms with E-state index < -0.39 is 47.2 Å². The second-order valence-electron chi connectivity index (χ2n) is 13.3. The number of amides is 2. The molecule has 2 amide bonds. The van der Waals surface area contributed by atoms with Crippen molar-refractivity contribution in [1.29, 1.82) is 5.26 Å². The molecule has 2 aromatic rings. The summed E-state index contributed by atoms with van der Waals surface area (Å²) in [6.07, 6.45) is -2.97. The van der Waals surface area contributed by atoms with Crippen LogP contribution >= 0.6 is 0 Å². The van der Waals surface area contributed by atoms with Gasteiger partial charge >= 0.3 is 6.18 Å². The number of rotatable bonds is 10. The van der Waals surface area contributed by atoms with Gasteiger partial charge in [-0.3, -0.25) is 14.9 Å². The summed E-state index contributed by atoms with van der Waals surface area (Å²) in [5.41, 5.74) is -1.71. The van der Waals surface area contributed by atoms with Crippen LogP contribution < -0.4 is 16.0 Å². The fourth-order valence-electron chi connectivity index (χ4n) is 5.09. The number of nitrogens with one attached hydrogen (secondary N) is 3. The van der Waals surface area contributed by atoms with Crippen molar-refractivity contribution in [3.63, 3.8) is 0 Å². The average Bonchev–Trinajstić information content (AvgIpc) is 3.80. The number of nitriles is 1. The first kappa shape index (κ1) is 31.5. The van der Waals surface area contributed by atoms with Gasteiger partial charge in [0, 0.05) is 12.0 Å². The van der Waals surface area contributed by atoms with Gasteiger partial charge < -0.3 is 10.6 Å². The Kier molecular flexibility index (Phi) is 8.24. The van der Waals surface area contributed by atoms with E-state index in [4.69, 9.17) is 0 Å². The van der Waals surface area contributed by atoms with Gasteiger partial charge in [0.1, 0.15) is 17.2 Å². The van der Waals surface area contributed by atoms with E-state index in [1.807, 2.05) is 51.1 Å². The first-order valence-electron chi connectivity index (χ1n) is 14.1. The molecular formula is C32H38F4N4O2. The zero-order chi connectivity index (χ0) is 31.1. The molecular weight excluding hydrogens is 548 g/mol. The van der Waals surface area contributed by atoms with Crippen LogP contribution in [0.15, 0.2) is 48.5 Å². The summed E-state index contributed by atoms with van der Waals surface area (Å²) in [7, 11) is 0. The highest BCUT2D eigenvalue weighted by molar-refractivity contribution is 5.92. The summed E-state index contributed by atoms with van der Waals surface area (Å²) >= 11 is 0. The number of hydrogen-bond acceptors (Lipinski definition) is 4. The largest absolute Gasteiger partial charge is 0.407 e. The summed E-state index contributed by atoms with van der Waals surface area (Å²) in [6.45, 7) is 8.18. The van der Waals surface area contributed by atoms with Gasteiger partial charge in [-0.25, -0.2) is 4.39 Å². The van der Waals surface area contributed by atoms with E-state index in [1.165, 1.54) is 26.0 Å². The van der Waals surface area contributed by atoms with Crippen molar-refractivity contribution in [1.82, 2.24) is 16.0 Å². The van der Waals surface area contributed by atoms with Gasteiger partial charge in [-0.2, -0.15) is 18.4 Å². The highest BCUT2D eigenvalue weighted by Gasteiger charge is 2.52. The van der Waals surface area contributed by atoms with Crippen molar-refractivity contribution in [2.75, 3.05) is 0 Å². The van der Waals surface area contributed by atoms with E-state index in [0.29, 0.717) is 18.4 Å². The van der Waals surface area contributed by atoms with E-state index in [2.05, 4.69) is 16.0 Å². The second-order valence-corrected chi connectivity index (χ2v) is 13.3. The lowest BCUT2D eigenvalue weighted by Crippen LogP contribution is -2.53. The highest BCUT2D eigenvalue weighted by atomic mass is 19.4. The lowest BCUT2D eigenvalue weighted by molar-refractivity contribution is -0.161. The maximum Gasteiger partial charge on any atom is 0.407 e. The quantitative estimate of drug-likeness (QED) is 0.290. The number of alkyl halides is 4. The number of halogens is 4. The molecule has 0 aliphatic heterocycles. The summed E-state index contributed by atoms with van der Waals surface area (Å²) < 4.78 is 57.3. The van der Waals surface area contributed by atoms with Gasteiger partial charge in [-0.1, -0.05) is 48.5 Å². The Hall–Kier alpha value is -3.45. The molecule has 42 heavy (non-hydrogen) atoms. The molecule has 0 aromatic heterocycles. The first-order chi connectivity index (χ1) is 19.4. The van der Waals surface area contributed by atoms with Crippen molar-refractivity contribution >= 4 is 11.8 Å². The number of hydrogen-bond donors (Lipinski definition) is 3. The van der Waals surface area contributed by atoms with Crippen molar-refractivity contribution in [3.05, 3.63) is 59.7 Å². The van der Waals surface area contributed by atoms with Gasteiger partial charge in [0.2, 0.25) is 11.8 Å². The monoisotopic (exact) mass is 586 g/mol. The lowest BCUT2D eigenvalue weighted by Gasteiger charge is -2.30. The molecule has 2 aliphatic carbocycles. The van der Waals surface area contributed by atoms with Crippen LogP contribution in [0, 0.1) is 11.3 Å². The third-order valence-electron chi connectivity index (χ3n) is 7.72. The number of carbonyl (C=O) groups excluding carboxylic acids is 2. The lowest BCUT2D eigenvalue weighted by atomic mass is 9.91. The summed E-state index contributed by atoms with van der Waals surface area (Å²) in [5, 5.41) is 17.2. The van der Waals surface area contributed by atoms with Gasteiger partial charge in [-0.05, 0) is 82.6 Å². The molecule has 6 nitrogen and oxygen atoms in total. The SMILES string of the molecule is CC(C)(F)C[C@H](N[C@@H](c1ccc(-c2ccc(C3(C(=O)NC(C)(C)C)CC3)cc2)cc1)C(F)(F)F)C(=O)NC1(C#N)CC1. The third-order valence-corrected chi connectivity index (χ3v) is 7.72. The van der Waals surface area contributed by atoms with Gasteiger partial charge in [-0.15, -0.1) is 0 Å². The Bertz CT molecular complexity index is 1340. The van der Waals surface area contributed by atoms with Crippen molar-refractivity contribution in [3.8, 4) is 17.2 Å². The Labute approximate surface area is 244 Å².